The number of guanidine groups is 1. The van der Waals surface area contributed by atoms with Crippen LogP contribution in [0.3, 0.4) is 0 Å². The van der Waals surface area contributed by atoms with Gasteiger partial charge in [0.15, 0.2) is 5.96 Å². The molecular formula is C23H32IN5O2. The van der Waals surface area contributed by atoms with Gasteiger partial charge in [0.05, 0.1) is 19.3 Å². The third-order valence-corrected chi connectivity index (χ3v) is 5.21. The molecule has 1 aliphatic heterocycles. The smallest absolute Gasteiger partial charge is 0.243 e. The molecule has 1 amide bonds. The molecule has 31 heavy (non-hydrogen) atoms. The highest BCUT2D eigenvalue weighted by molar-refractivity contribution is 14.0. The Bertz CT molecular complexity index is 890. The molecule has 2 aromatic rings. The van der Waals surface area contributed by atoms with Crippen LogP contribution in [0.4, 0.5) is 11.4 Å². The lowest BCUT2D eigenvalue weighted by Crippen LogP contribution is -2.46. The van der Waals surface area contributed by atoms with E-state index in [4.69, 9.17) is 4.74 Å². The van der Waals surface area contributed by atoms with E-state index in [1.165, 1.54) is 5.56 Å². The molecular weight excluding hydrogens is 505 g/mol. The third-order valence-electron chi connectivity index (χ3n) is 5.21. The van der Waals surface area contributed by atoms with Crippen LogP contribution < -0.4 is 25.6 Å². The van der Waals surface area contributed by atoms with Crippen LogP contribution >= 0.6 is 24.0 Å². The van der Waals surface area contributed by atoms with Gasteiger partial charge in [0.2, 0.25) is 5.91 Å². The van der Waals surface area contributed by atoms with Gasteiger partial charge in [-0.25, -0.2) is 0 Å². The minimum Gasteiger partial charge on any atom is -0.495 e. The quantitative estimate of drug-likeness (QED) is 0.287. The number of carbonyl (C=O) groups is 1. The second-order valence-electron chi connectivity index (χ2n) is 7.28. The van der Waals surface area contributed by atoms with Gasteiger partial charge in [-0.1, -0.05) is 31.2 Å². The molecule has 3 rings (SSSR count). The highest BCUT2D eigenvalue weighted by atomic mass is 127. The van der Waals surface area contributed by atoms with Gasteiger partial charge in [-0.2, -0.15) is 0 Å². The van der Waals surface area contributed by atoms with E-state index in [2.05, 4.69) is 44.9 Å². The lowest BCUT2D eigenvalue weighted by Gasteiger charge is -2.22. The van der Waals surface area contributed by atoms with Crippen molar-refractivity contribution in [1.29, 1.82) is 0 Å². The number of hydrogen-bond donors (Lipinski definition) is 3. The summed E-state index contributed by atoms with van der Waals surface area (Å²) in [5, 5.41) is 9.45. The van der Waals surface area contributed by atoms with E-state index in [1.54, 1.807) is 14.2 Å². The summed E-state index contributed by atoms with van der Waals surface area (Å²) in [7, 11) is 3.41. The van der Waals surface area contributed by atoms with Crippen LogP contribution in [0.15, 0.2) is 53.5 Å². The van der Waals surface area contributed by atoms with Gasteiger partial charge in [-0.05, 0) is 42.7 Å². The normalized spacial score (nSPS) is 15.8. The number of amides is 1. The monoisotopic (exact) mass is 537 g/mol. The number of aryl methyl sites for hydroxylation is 1. The molecule has 3 N–H and O–H groups in total. The van der Waals surface area contributed by atoms with Crippen molar-refractivity contribution in [3.8, 4) is 5.75 Å². The molecule has 0 spiro atoms. The molecule has 1 aliphatic rings. The fraction of sp³-hybridized carbons (Fsp3) is 0.391. The molecule has 0 saturated carbocycles. The summed E-state index contributed by atoms with van der Waals surface area (Å²) in [6, 6.07) is 16.2. The highest BCUT2D eigenvalue weighted by Crippen LogP contribution is 2.30. The standard InChI is InChI=1S/C23H31N5O2.HI/c1-4-17-8-7-9-18(14-17)26-22(29)15-25-23(24-2)27-19-12-13-28(16-19)20-10-5-6-11-21(20)30-3;/h5-11,14,19H,4,12-13,15-16H2,1-3H3,(H,26,29)(H2,24,25,27);1H. The van der Waals surface area contributed by atoms with Crippen molar-refractivity contribution in [3.63, 3.8) is 0 Å². The maximum absolute atomic E-state index is 12.3. The van der Waals surface area contributed by atoms with Gasteiger partial charge >= 0.3 is 0 Å². The maximum Gasteiger partial charge on any atom is 0.243 e. The first-order chi connectivity index (χ1) is 14.6. The lowest BCUT2D eigenvalue weighted by molar-refractivity contribution is -0.115. The fourth-order valence-corrected chi connectivity index (χ4v) is 3.61. The summed E-state index contributed by atoms with van der Waals surface area (Å²) >= 11 is 0. The van der Waals surface area contributed by atoms with Crippen LogP contribution in [0.5, 0.6) is 5.75 Å². The molecule has 1 heterocycles. The predicted octanol–water partition coefficient (Wildman–Crippen LogP) is 3.26. The molecule has 1 fully saturated rings. The Kier molecular flexibility index (Phi) is 9.90. The maximum atomic E-state index is 12.3. The molecule has 8 heteroatoms. The summed E-state index contributed by atoms with van der Waals surface area (Å²) in [5.41, 5.74) is 3.10. The van der Waals surface area contributed by atoms with E-state index in [1.807, 2.05) is 36.4 Å². The number of nitrogens with zero attached hydrogens (tertiary/aromatic N) is 2. The summed E-state index contributed by atoms with van der Waals surface area (Å²) in [4.78, 5) is 18.9. The SMILES string of the molecule is CCc1cccc(NC(=O)CNC(=NC)NC2CCN(c3ccccc3OC)C2)c1.I. The lowest BCUT2D eigenvalue weighted by atomic mass is 10.1. The van der Waals surface area contributed by atoms with Gasteiger partial charge in [0.25, 0.3) is 0 Å². The number of methoxy groups -OCH3 is 1. The van der Waals surface area contributed by atoms with Crippen LogP contribution in [-0.4, -0.2) is 51.7 Å². The van der Waals surface area contributed by atoms with E-state index in [-0.39, 0.29) is 42.5 Å². The Morgan fingerprint density at radius 3 is 2.77 bits per heavy atom. The number of para-hydroxylation sites is 2. The minimum atomic E-state index is -0.103. The first kappa shape index (κ1) is 24.8. The number of nitrogens with one attached hydrogen (secondary N) is 3. The molecule has 7 nitrogen and oxygen atoms in total. The first-order valence-corrected chi connectivity index (χ1v) is 10.4. The zero-order valence-electron chi connectivity index (χ0n) is 18.4. The Morgan fingerprint density at radius 2 is 2.03 bits per heavy atom. The van der Waals surface area contributed by atoms with Gasteiger partial charge in [-0.3, -0.25) is 9.79 Å². The molecule has 0 radical (unpaired) electrons. The Hall–Kier alpha value is -2.49. The van der Waals surface area contributed by atoms with E-state index in [9.17, 15) is 4.79 Å². The first-order valence-electron chi connectivity index (χ1n) is 10.4. The van der Waals surface area contributed by atoms with Crippen molar-refractivity contribution >= 4 is 47.2 Å². The molecule has 168 valence electrons. The second-order valence-corrected chi connectivity index (χ2v) is 7.28. The minimum absolute atomic E-state index is 0. The van der Waals surface area contributed by atoms with Crippen molar-refractivity contribution in [2.75, 3.05) is 44.0 Å². The van der Waals surface area contributed by atoms with Crippen molar-refractivity contribution < 1.29 is 9.53 Å². The molecule has 1 atom stereocenters. The number of aliphatic imine (C=N–C) groups is 1. The molecule has 0 aromatic heterocycles. The third kappa shape index (κ3) is 7.02. The zero-order valence-corrected chi connectivity index (χ0v) is 20.7. The Morgan fingerprint density at radius 1 is 1.23 bits per heavy atom. The van der Waals surface area contributed by atoms with Gasteiger partial charge in [0.1, 0.15) is 5.75 Å². The zero-order chi connectivity index (χ0) is 21.3. The van der Waals surface area contributed by atoms with Crippen molar-refractivity contribution in [2.24, 2.45) is 4.99 Å². The van der Waals surface area contributed by atoms with Gasteiger partial charge in [0, 0.05) is 31.9 Å². The number of anilines is 2. The van der Waals surface area contributed by atoms with Crippen LogP contribution in [0.2, 0.25) is 0 Å². The summed E-state index contributed by atoms with van der Waals surface area (Å²) in [5.74, 6) is 1.40. The van der Waals surface area contributed by atoms with Crippen molar-refractivity contribution in [2.45, 2.75) is 25.8 Å². The van der Waals surface area contributed by atoms with Crippen molar-refractivity contribution in [1.82, 2.24) is 10.6 Å². The molecule has 0 bridgehead atoms. The number of halogens is 1. The fourth-order valence-electron chi connectivity index (χ4n) is 3.61. The van der Waals surface area contributed by atoms with E-state index in [0.29, 0.717) is 5.96 Å². The van der Waals surface area contributed by atoms with E-state index < -0.39 is 0 Å². The number of rotatable bonds is 7. The average Bonchev–Trinajstić information content (AvgIpc) is 3.25. The topological polar surface area (TPSA) is 78.0 Å². The van der Waals surface area contributed by atoms with Crippen molar-refractivity contribution in [3.05, 3.63) is 54.1 Å². The Balaban J connectivity index is 0.00000341. The van der Waals surface area contributed by atoms with Crippen LogP contribution in [0.25, 0.3) is 0 Å². The van der Waals surface area contributed by atoms with E-state index >= 15 is 0 Å². The molecule has 1 unspecified atom stereocenters. The largest absolute Gasteiger partial charge is 0.495 e. The van der Waals surface area contributed by atoms with Crippen LogP contribution in [-0.2, 0) is 11.2 Å². The molecule has 0 aliphatic carbocycles. The average molecular weight is 537 g/mol. The Labute approximate surface area is 201 Å². The van der Waals surface area contributed by atoms with Gasteiger partial charge < -0.3 is 25.6 Å². The van der Waals surface area contributed by atoms with Crippen LogP contribution in [0, 0.1) is 0 Å². The summed E-state index contributed by atoms with van der Waals surface area (Å²) < 4.78 is 5.48. The molecule has 1 saturated heterocycles. The number of carbonyl (C=O) groups excluding carboxylic acids is 1. The predicted molar refractivity (Wildman–Crippen MR) is 138 cm³/mol. The summed E-state index contributed by atoms with van der Waals surface area (Å²) in [6.45, 7) is 4.02. The highest BCUT2D eigenvalue weighted by Gasteiger charge is 2.25. The number of ether oxygens (including phenoxy) is 1. The second kappa shape index (κ2) is 12.4. The van der Waals surface area contributed by atoms with Crippen LogP contribution in [0.1, 0.15) is 18.9 Å². The summed E-state index contributed by atoms with van der Waals surface area (Å²) in [6.07, 6.45) is 1.92. The number of benzene rings is 2. The number of hydrogen-bond acceptors (Lipinski definition) is 4. The molecule has 2 aromatic carbocycles. The van der Waals surface area contributed by atoms with Gasteiger partial charge in [-0.15, -0.1) is 24.0 Å². The van der Waals surface area contributed by atoms with E-state index in [0.717, 1.165) is 43.1 Å².